The monoisotopic (exact) mass is 1110 g/mol. The van der Waals surface area contributed by atoms with Crippen molar-refractivity contribution in [2.75, 3.05) is 40.9 Å². The van der Waals surface area contributed by atoms with E-state index in [1.807, 2.05) is 27.2 Å². The highest BCUT2D eigenvalue weighted by molar-refractivity contribution is 7.47. The normalized spacial score (nSPS) is 14.2. The first-order valence-electron chi connectivity index (χ1n) is 33.3. The number of aliphatic hydroxyl groups is 1. The fraction of sp³-hybridized carbons (Fsp3) is 0.812. The molecule has 3 atom stereocenters. The van der Waals surface area contributed by atoms with E-state index in [1.54, 1.807) is 6.08 Å². The molecular formula is C69H130N2O6P+. The zero-order valence-electron chi connectivity index (χ0n) is 52.2. The van der Waals surface area contributed by atoms with Crippen molar-refractivity contribution in [1.82, 2.24) is 5.32 Å². The fourth-order valence-electron chi connectivity index (χ4n) is 9.67. The predicted molar refractivity (Wildman–Crippen MR) is 341 cm³/mol. The van der Waals surface area contributed by atoms with Crippen LogP contribution in [0.1, 0.15) is 309 Å². The number of likely N-dealkylation sites (N-methyl/N-ethyl adjacent to an activating group) is 1. The average Bonchev–Trinajstić information content (AvgIpc) is 3.41. The zero-order valence-corrected chi connectivity index (χ0v) is 53.0. The van der Waals surface area contributed by atoms with E-state index in [-0.39, 0.29) is 19.1 Å². The maximum absolute atomic E-state index is 13.0. The van der Waals surface area contributed by atoms with Gasteiger partial charge in [-0.05, 0) is 83.5 Å². The molecule has 0 heterocycles. The number of aliphatic hydroxyl groups excluding tert-OH is 1. The number of quaternary nitrogens is 1. The first-order chi connectivity index (χ1) is 38.0. The van der Waals surface area contributed by atoms with Crippen molar-refractivity contribution in [2.45, 2.75) is 321 Å². The van der Waals surface area contributed by atoms with Crippen LogP contribution in [0.5, 0.6) is 0 Å². The number of hydrogen-bond donors (Lipinski definition) is 3. The second-order valence-corrected chi connectivity index (χ2v) is 25.3. The van der Waals surface area contributed by atoms with E-state index in [0.717, 1.165) is 57.8 Å². The van der Waals surface area contributed by atoms with E-state index in [4.69, 9.17) is 9.05 Å². The van der Waals surface area contributed by atoms with E-state index >= 15 is 0 Å². The van der Waals surface area contributed by atoms with Crippen LogP contribution >= 0.6 is 7.82 Å². The Morgan fingerprint density at radius 2 is 0.744 bits per heavy atom. The summed E-state index contributed by atoms with van der Waals surface area (Å²) in [7, 11) is 1.55. The van der Waals surface area contributed by atoms with E-state index in [0.29, 0.717) is 17.4 Å². The van der Waals surface area contributed by atoms with E-state index in [9.17, 15) is 19.4 Å². The average molecular weight is 1110 g/mol. The smallest absolute Gasteiger partial charge is 0.387 e. The maximum atomic E-state index is 13.0. The van der Waals surface area contributed by atoms with Gasteiger partial charge >= 0.3 is 7.82 Å². The van der Waals surface area contributed by atoms with Crippen LogP contribution in [0.4, 0.5) is 0 Å². The van der Waals surface area contributed by atoms with Crippen LogP contribution < -0.4 is 5.32 Å². The number of hydrogen-bond acceptors (Lipinski definition) is 5. The first-order valence-corrected chi connectivity index (χ1v) is 34.8. The number of unbranched alkanes of at least 4 members (excludes halogenated alkanes) is 38. The Kier molecular flexibility index (Phi) is 58.0. The second kappa shape index (κ2) is 59.6. The summed E-state index contributed by atoms with van der Waals surface area (Å²) in [5.41, 5.74) is 0. The molecule has 3 N–H and O–H groups in total. The highest BCUT2D eigenvalue weighted by atomic mass is 31.2. The first kappa shape index (κ1) is 75.9. The van der Waals surface area contributed by atoms with Crippen LogP contribution in [-0.2, 0) is 18.4 Å². The van der Waals surface area contributed by atoms with Crippen molar-refractivity contribution >= 4 is 13.7 Å². The molecule has 1 amide bonds. The minimum absolute atomic E-state index is 0.0521. The lowest BCUT2D eigenvalue weighted by molar-refractivity contribution is -0.870. The summed E-state index contributed by atoms with van der Waals surface area (Å²) in [6, 6.07) is -0.874. The van der Waals surface area contributed by atoms with Crippen molar-refractivity contribution in [3.8, 4) is 0 Å². The third-order valence-electron chi connectivity index (χ3n) is 14.9. The van der Waals surface area contributed by atoms with Gasteiger partial charge in [-0.1, -0.05) is 292 Å². The topological polar surface area (TPSA) is 105 Å². The lowest BCUT2D eigenvalue weighted by atomic mass is 10.0. The molecule has 0 saturated carbocycles. The molecule has 0 spiro atoms. The second-order valence-electron chi connectivity index (χ2n) is 23.8. The van der Waals surface area contributed by atoms with Crippen molar-refractivity contribution in [3.05, 3.63) is 72.9 Å². The van der Waals surface area contributed by atoms with Gasteiger partial charge in [0.25, 0.3) is 0 Å². The molecule has 8 nitrogen and oxygen atoms in total. The van der Waals surface area contributed by atoms with Crippen LogP contribution in [0, 0.1) is 0 Å². The Morgan fingerprint density at radius 1 is 0.436 bits per heavy atom. The summed E-state index contributed by atoms with van der Waals surface area (Å²) in [4.78, 5) is 23.4. The van der Waals surface area contributed by atoms with Crippen LogP contribution in [0.3, 0.4) is 0 Å². The molecule has 0 rings (SSSR count). The molecule has 0 aliphatic carbocycles. The van der Waals surface area contributed by atoms with Crippen molar-refractivity contribution in [3.63, 3.8) is 0 Å². The fourth-order valence-corrected chi connectivity index (χ4v) is 10.4. The van der Waals surface area contributed by atoms with E-state index in [2.05, 4.69) is 79.9 Å². The van der Waals surface area contributed by atoms with E-state index < -0.39 is 20.0 Å². The Balaban J connectivity index is 4.16. The Bertz CT molecular complexity index is 1500. The quantitative estimate of drug-likeness (QED) is 0.0243. The van der Waals surface area contributed by atoms with Gasteiger partial charge in [-0.2, -0.15) is 0 Å². The molecule has 0 aromatic rings. The molecule has 0 aromatic carbocycles. The molecule has 0 saturated heterocycles. The molecular weight excluding hydrogens is 984 g/mol. The SMILES string of the molecule is CCCCCCC/C=C\C/C=C\C/C=C\CCCCCCCCCCCCCCCCCCC(=O)NC(COP(=O)(O)OCC[N+](C)(C)C)C(O)/C=C/CC/C=C/CC/C=C/CCCCCCCCCCCCCCCCC. The van der Waals surface area contributed by atoms with Crippen LogP contribution in [0.15, 0.2) is 72.9 Å². The number of nitrogens with one attached hydrogen (secondary N) is 1. The van der Waals surface area contributed by atoms with Gasteiger partial charge in [-0.25, -0.2) is 4.57 Å². The molecule has 456 valence electrons. The van der Waals surface area contributed by atoms with Gasteiger partial charge in [-0.3, -0.25) is 13.8 Å². The molecule has 3 unspecified atom stereocenters. The van der Waals surface area contributed by atoms with Crippen molar-refractivity contribution in [2.24, 2.45) is 0 Å². The summed E-state index contributed by atoms with van der Waals surface area (Å²) in [6.07, 6.45) is 83.2. The van der Waals surface area contributed by atoms with Crippen LogP contribution in [-0.4, -0.2) is 73.4 Å². The Hall–Kier alpha value is -2.06. The predicted octanol–water partition coefficient (Wildman–Crippen LogP) is 21.0. The Morgan fingerprint density at radius 3 is 1.12 bits per heavy atom. The van der Waals surface area contributed by atoms with Crippen molar-refractivity contribution in [1.29, 1.82) is 0 Å². The van der Waals surface area contributed by atoms with Gasteiger partial charge in [0, 0.05) is 6.42 Å². The number of carbonyl (C=O) groups is 1. The molecule has 0 bridgehead atoms. The van der Waals surface area contributed by atoms with Gasteiger partial charge < -0.3 is 19.8 Å². The van der Waals surface area contributed by atoms with E-state index in [1.165, 1.54) is 231 Å². The lowest BCUT2D eigenvalue weighted by Crippen LogP contribution is -2.45. The number of amides is 1. The minimum Gasteiger partial charge on any atom is -0.387 e. The third-order valence-corrected chi connectivity index (χ3v) is 15.9. The molecule has 0 fully saturated rings. The molecule has 78 heavy (non-hydrogen) atoms. The number of phosphoric ester groups is 1. The van der Waals surface area contributed by atoms with Gasteiger partial charge in [0.05, 0.1) is 39.9 Å². The molecule has 0 aliphatic heterocycles. The van der Waals surface area contributed by atoms with Gasteiger partial charge in [0.2, 0.25) is 5.91 Å². The maximum Gasteiger partial charge on any atom is 0.472 e. The zero-order chi connectivity index (χ0) is 57.0. The largest absolute Gasteiger partial charge is 0.472 e. The molecule has 0 radical (unpaired) electrons. The summed E-state index contributed by atoms with van der Waals surface area (Å²) in [5.74, 6) is -0.189. The number of carbonyl (C=O) groups excluding carboxylic acids is 1. The highest BCUT2D eigenvalue weighted by Crippen LogP contribution is 2.43. The number of rotatable bonds is 61. The molecule has 0 aliphatic rings. The Labute approximate surface area is 484 Å². The van der Waals surface area contributed by atoms with Crippen LogP contribution in [0.2, 0.25) is 0 Å². The number of nitrogens with zero attached hydrogens (tertiary/aromatic N) is 1. The summed E-state index contributed by atoms with van der Waals surface area (Å²) in [5, 5.41) is 14.0. The summed E-state index contributed by atoms with van der Waals surface area (Å²) >= 11 is 0. The van der Waals surface area contributed by atoms with Gasteiger partial charge in [-0.15, -0.1) is 0 Å². The lowest BCUT2D eigenvalue weighted by Gasteiger charge is -2.25. The minimum atomic E-state index is -4.37. The third kappa shape index (κ3) is 61.6. The highest BCUT2D eigenvalue weighted by Gasteiger charge is 2.28. The molecule has 9 heteroatoms. The van der Waals surface area contributed by atoms with Gasteiger partial charge in [0.1, 0.15) is 13.2 Å². The number of phosphoric acid groups is 1. The summed E-state index contributed by atoms with van der Waals surface area (Å²) < 4.78 is 23.8. The standard InChI is InChI=1S/C69H129N2O6P/c1-6-8-10-12-14-16-18-20-22-24-26-28-30-32-33-34-35-36-37-39-41-43-45-47-49-51-53-55-57-59-61-63-69(73)70-67(66-77-78(74,75)76-65-64-71(3,4)5)68(72)62-60-58-56-54-52-50-48-46-44-42-40-38-31-29-27-25-23-21-19-17-15-13-11-9-7-2/h18,20,24,26,30,32,44,46,52,54,60,62,67-68,72H,6-17,19,21-23,25,27-29,31,33-43,45,47-51,53,55-59,61,63-66H2,1-5H3,(H-,70,73,74,75)/p+1/b20-18-,26-24-,32-30-,46-44+,54-52+,62-60+. The van der Waals surface area contributed by atoms with Crippen molar-refractivity contribution < 1.29 is 32.9 Å². The molecule has 0 aromatic heterocycles. The van der Waals surface area contributed by atoms with Gasteiger partial charge in [0.15, 0.2) is 0 Å². The number of allylic oxidation sites excluding steroid dienone is 11. The summed E-state index contributed by atoms with van der Waals surface area (Å²) in [6.45, 7) is 4.81. The van der Waals surface area contributed by atoms with Crippen LogP contribution in [0.25, 0.3) is 0 Å².